The fourth-order valence-electron chi connectivity index (χ4n) is 2.96. The van der Waals surface area contributed by atoms with E-state index in [0.29, 0.717) is 4.88 Å². The van der Waals surface area contributed by atoms with Gasteiger partial charge in [0.15, 0.2) is 0 Å². The van der Waals surface area contributed by atoms with Gasteiger partial charge in [-0.15, -0.1) is 11.3 Å². The number of amides is 2. The molecule has 28 heavy (non-hydrogen) atoms. The van der Waals surface area contributed by atoms with Crippen molar-refractivity contribution in [3.05, 3.63) is 75.5 Å². The third kappa shape index (κ3) is 4.49. The van der Waals surface area contributed by atoms with Gasteiger partial charge in [-0.1, -0.05) is 42.0 Å². The maximum absolute atomic E-state index is 12.9. The fourth-order valence-corrected chi connectivity index (χ4v) is 3.87. The molecule has 3 aromatic rings. The highest BCUT2D eigenvalue weighted by Gasteiger charge is 2.20. The van der Waals surface area contributed by atoms with Crippen molar-refractivity contribution >= 4 is 28.8 Å². The van der Waals surface area contributed by atoms with Crippen LogP contribution in [0.4, 0.5) is 5.69 Å². The number of anilines is 1. The molecule has 0 bridgehead atoms. The summed E-state index contributed by atoms with van der Waals surface area (Å²) in [4.78, 5) is 27.5. The number of rotatable bonds is 5. The van der Waals surface area contributed by atoms with Crippen LogP contribution in [0.25, 0.3) is 11.1 Å². The van der Waals surface area contributed by atoms with Crippen LogP contribution in [0.3, 0.4) is 0 Å². The van der Waals surface area contributed by atoms with Crippen LogP contribution in [-0.4, -0.2) is 30.3 Å². The summed E-state index contributed by atoms with van der Waals surface area (Å²) in [5.74, 6) is -0.361. The quantitative estimate of drug-likeness (QED) is 0.660. The van der Waals surface area contributed by atoms with Crippen LogP contribution in [0.5, 0.6) is 0 Å². The summed E-state index contributed by atoms with van der Waals surface area (Å²) in [7, 11) is 1.66. The molecule has 1 N–H and O–H groups in total. The maximum Gasteiger partial charge on any atom is 0.264 e. The van der Waals surface area contributed by atoms with E-state index in [-0.39, 0.29) is 18.4 Å². The lowest BCUT2D eigenvalue weighted by Crippen LogP contribution is -2.34. The number of likely N-dealkylation sites (N-methyl/N-ethyl adjacent to an activating group) is 1. The molecule has 5 heteroatoms. The molecule has 0 spiro atoms. The molecule has 1 heterocycles. The molecule has 0 aliphatic rings. The lowest BCUT2D eigenvalue weighted by atomic mass is 10.0. The van der Waals surface area contributed by atoms with Crippen molar-refractivity contribution in [2.45, 2.75) is 20.8 Å². The van der Waals surface area contributed by atoms with Gasteiger partial charge in [-0.25, -0.2) is 0 Å². The van der Waals surface area contributed by atoms with E-state index in [9.17, 15) is 9.59 Å². The van der Waals surface area contributed by atoms with Gasteiger partial charge in [-0.2, -0.15) is 0 Å². The molecule has 0 aliphatic heterocycles. The molecule has 0 radical (unpaired) electrons. The SMILES string of the molecule is Cc1ccc(-c2ccsc2C(=O)N(C)CC(=O)Nc2cc(C)ccc2C)cc1. The van der Waals surface area contributed by atoms with Gasteiger partial charge in [0.2, 0.25) is 5.91 Å². The molecule has 2 amide bonds. The highest BCUT2D eigenvalue weighted by molar-refractivity contribution is 7.12. The van der Waals surface area contributed by atoms with E-state index in [1.165, 1.54) is 21.8 Å². The van der Waals surface area contributed by atoms with Gasteiger partial charge in [0.05, 0.1) is 11.4 Å². The number of carbonyl (C=O) groups is 2. The second kappa shape index (κ2) is 8.40. The standard InChI is InChI=1S/C23H24N2O2S/c1-15-6-9-18(10-7-15)19-11-12-28-22(19)23(27)25(4)14-21(26)24-20-13-16(2)5-8-17(20)3/h5-13H,14H2,1-4H3,(H,24,26). The predicted octanol–water partition coefficient (Wildman–Crippen LogP) is 5.05. The molecule has 0 atom stereocenters. The summed E-state index contributed by atoms with van der Waals surface area (Å²) in [5, 5.41) is 4.81. The van der Waals surface area contributed by atoms with Crippen molar-refractivity contribution in [3.63, 3.8) is 0 Å². The number of aryl methyl sites for hydroxylation is 3. The number of benzene rings is 2. The minimum Gasteiger partial charge on any atom is -0.332 e. The summed E-state index contributed by atoms with van der Waals surface area (Å²) >= 11 is 1.40. The molecule has 0 unspecified atom stereocenters. The molecular formula is C23H24N2O2S. The van der Waals surface area contributed by atoms with Gasteiger partial charge in [0.25, 0.3) is 5.91 Å². The molecule has 0 aliphatic carbocycles. The smallest absolute Gasteiger partial charge is 0.264 e. The van der Waals surface area contributed by atoms with Crippen molar-refractivity contribution < 1.29 is 9.59 Å². The average molecular weight is 393 g/mol. The molecule has 4 nitrogen and oxygen atoms in total. The van der Waals surface area contributed by atoms with E-state index in [4.69, 9.17) is 0 Å². The number of carbonyl (C=O) groups excluding carboxylic acids is 2. The Hall–Kier alpha value is -2.92. The number of nitrogens with zero attached hydrogens (tertiary/aromatic N) is 1. The molecular weight excluding hydrogens is 368 g/mol. The summed E-state index contributed by atoms with van der Waals surface area (Å²) in [6, 6.07) is 16.0. The van der Waals surface area contributed by atoms with Gasteiger partial charge in [0.1, 0.15) is 0 Å². The first-order chi connectivity index (χ1) is 13.3. The monoisotopic (exact) mass is 392 g/mol. The zero-order chi connectivity index (χ0) is 20.3. The van der Waals surface area contributed by atoms with E-state index < -0.39 is 0 Å². The van der Waals surface area contributed by atoms with Crippen molar-refractivity contribution in [2.24, 2.45) is 0 Å². The highest BCUT2D eigenvalue weighted by atomic mass is 32.1. The number of thiophene rings is 1. The van der Waals surface area contributed by atoms with E-state index in [2.05, 4.69) is 5.32 Å². The first kappa shape index (κ1) is 19.8. The van der Waals surface area contributed by atoms with Crippen LogP contribution in [-0.2, 0) is 4.79 Å². The van der Waals surface area contributed by atoms with E-state index in [0.717, 1.165) is 27.9 Å². The van der Waals surface area contributed by atoms with E-state index in [1.807, 2.05) is 74.7 Å². The Kier molecular flexibility index (Phi) is 5.95. The van der Waals surface area contributed by atoms with Crippen LogP contribution in [0.15, 0.2) is 53.9 Å². The maximum atomic E-state index is 12.9. The Labute approximate surface area is 169 Å². The molecule has 1 aromatic heterocycles. The van der Waals surface area contributed by atoms with Crippen LogP contribution in [0.2, 0.25) is 0 Å². The van der Waals surface area contributed by atoms with Crippen molar-refractivity contribution in [2.75, 3.05) is 18.9 Å². The Bertz CT molecular complexity index is 1010. The van der Waals surface area contributed by atoms with Gasteiger partial charge in [-0.05, 0) is 55.0 Å². The van der Waals surface area contributed by atoms with Gasteiger partial charge >= 0.3 is 0 Å². The normalized spacial score (nSPS) is 10.6. The zero-order valence-corrected chi connectivity index (χ0v) is 17.4. The van der Waals surface area contributed by atoms with E-state index in [1.54, 1.807) is 7.05 Å². The van der Waals surface area contributed by atoms with Gasteiger partial charge in [0, 0.05) is 18.3 Å². The van der Waals surface area contributed by atoms with Gasteiger partial charge in [-0.3, -0.25) is 9.59 Å². The molecule has 144 valence electrons. The lowest BCUT2D eigenvalue weighted by Gasteiger charge is -2.18. The Balaban J connectivity index is 1.71. The molecule has 0 saturated carbocycles. The number of hydrogen-bond acceptors (Lipinski definition) is 3. The molecule has 2 aromatic carbocycles. The summed E-state index contributed by atoms with van der Waals surface area (Å²) in [6.07, 6.45) is 0. The molecule has 0 fully saturated rings. The average Bonchev–Trinajstić information content (AvgIpc) is 3.14. The minimum absolute atomic E-state index is 0.00253. The number of nitrogens with one attached hydrogen (secondary N) is 1. The molecule has 3 rings (SSSR count). The van der Waals surface area contributed by atoms with E-state index >= 15 is 0 Å². The second-order valence-electron chi connectivity index (χ2n) is 7.06. The van der Waals surface area contributed by atoms with Crippen LogP contribution in [0, 0.1) is 20.8 Å². The Morgan fingerprint density at radius 2 is 1.64 bits per heavy atom. The minimum atomic E-state index is -0.210. The van der Waals surface area contributed by atoms with Gasteiger partial charge < -0.3 is 10.2 Å². The molecule has 0 saturated heterocycles. The fraction of sp³-hybridized carbons (Fsp3) is 0.217. The van der Waals surface area contributed by atoms with Crippen molar-refractivity contribution in [3.8, 4) is 11.1 Å². The summed E-state index contributed by atoms with van der Waals surface area (Å²) in [5.41, 5.74) is 5.93. The second-order valence-corrected chi connectivity index (χ2v) is 7.97. The first-order valence-electron chi connectivity index (χ1n) is 9.12. The zero-order valence-electron chi connectivity index (χ0n) is 16.6. The van der Waals surface area contributed by atoms with Crippen LogP contribution < -0.4 is 5.32 Å². The van der Waals surface area contributed by atoms with Crippen LogP contribution >= 0.6 is 11.3 Å². The third-order valence-corrected chi connectivity index (χ3v) is 5.52. The Morgan fingerprint density at radius 1 is 0.964 bits per heavy atom. The lowest BCUT2D eigenvalue weighted by molar-refractivity contribution is -0.116. The summed E-state index contributed by atoms with van der Waals surface area (Å²) < 4.78 is 0. The predicted molar refractivity (Wildman–Crippen MR) is 116 cm³/mol. The van der Waals surface area contributed by atoms with Crippen molar-refractivity contribution in [1.29, 1.82) is 0 Å². The highest BCUT2D eigenvalue weighted by Crippen LogP contribution is 2.29. The summed E-state index contributed by atoms with van der Waals surface area (Å²) in [6.45, 7) is 5.96. The third-order valence-electron chi connectivity index (χ3n) is 4.62. The first-order valence-corrected chi connectivity index (χ1v) is 10.00. The number of hydrogen-bond donors (Lipinski definition) is 1. The topological polar surface area (TPSA) is 49.4 Å². The largest absolute Gasteiger partial charge is 0.332 e. The van der Waals surface area contributed by atoms with Crippen LogP contribution in [0.1, 0.15) is 26.4 Å². The Morgan fingerprint density at radius 3 is 2.36 bits per heavy atom. The van der Waals surface area contributed by atoms with Crippen molar-refractivity contribution in [1.82, 2.24) is 4.90 Å².